The minimum atomic E-state index is -0.249. The van der Waals surface area contributed by atoms with Crippen molar-refractivity contribution in [2.45, 2.75) is 13.0 Å². The van der Waals surface area contributed by atoms with Crippen molar-refractivity contribution in [2.75, 3.05) is 26.7 Å². The van der Waals surface area contributed by atoms with Gasteiger partial charge in [-0.25, -0.2) is 0 Å². The van der Waals surface area contributed by atoms with Gasteiger partial charge in [0.2, 0.25) is 0 Å². The van der Waals surface area contributed by atoms with Gasteiger partial charge in [0, 0.05) is 19.6 Å². The van der Waals surface area contributed by atoms with Gasteiger partial charge < -0.3 is 15.7 Å². The summed E-state index contributed by atoms with van der Waals surface area (Å²) >= 11 is 0. The van der Waals surface area contributed by atoms with Gasteiger partial charge in [-0.2, -0.15) is 0 Å². The smallest absolute Gasteiger partial charge is 0.0638 e. The number of nitrogens with two attached hydrogens (primary N) is 1. The van der Waals surface area contributed by atoms with Crippen molar-refractivity contribution in [3.63, 3.8) is 0 Å². The van der Waals surface area contributed by atoms with Gasteiger partial charge in [-0.3, -0.25) is 0 Å². The molecule has 0 aliphatic carbocycles. The van der Waals surface area contributed by atoms with Crippen LogP contribution in [0.2, 0.25) is 0 Å². The van der Waals surface area contributed by atoms with E-state index in [4.69, 9.17) is 10.8 Å². The molecule has 1 atom stereocenters. The van der Waals surface area contributed by atoms with Crippen LogP contribution in [-0.2, 0) is 0 Å². The van der Waals surface area contributed by atoms with Crippen molar-refractivity contribution < 1.29 is 5.11 Å². The highest BCUT2D eigenvalue weighted by Gasteiger charge is 1.99. The first kappa shape index (κ1) is 8.88. The summed E-state index contributed by atoms with van der Waals surface area (Å²) in [5.41, 5.74) is 5.28. The molecule has 0 aliphatic rings. The molecule has 0 aromatic rings. The molecule has 0 spiro atoms. The third-order valence-corrected chi connectivity index (χ3v) is 1.09. The number of aliphatic hydroxyl groups excluding tert-OH is 1. The van der Waals surface area contributed by atoms with Crippen LogP contribution < -0.4 is 5.73 Å². The second-order valence-corrected chi connectivity index (χ2v) is 2.40. The highest BCUT2D eigenvalue weighted by Crippen LogP contribution is 1.84. The van der Waals surface area contributed by atoms with E-state index < -0.39 is 0 Å². The van der Waals surface area contributed by atoms with E-state index in [2.05, 4.69) is 0 Å². The summed E-state index contributed by atoms with van der Waals surface area (Å²) in [6, 6.07) is 0. The summed E-state index contributed by atoms with van der Waals surface area (Å²) in [4.78, 5) is 2.00. The Hall–Kier alpha value is -0.120. The molecule has 0 aromatic heterocycles. The minimum Gasteiger partial charge on any atom is -0.392 e. The average molecular weight is 132 g/mol. The number of likely N-dealkylation sites (N-methyl/N-ethyl adjacent to an activating group) is 1. The number of nitrogens with zero attached hydrogens (tertiary/aromatic N) is 1. The monoisotopic (exact) mass is 132 g/mol. The number of hydrogen-bond acceptors (Lipinski definition) is 3. The van der Waals surface area contributed by atoms with E-state index in [0.717, 1.165) is 6.54 Å². The lowest BCUT2D eigenvalue weighted by atomic mass is 10.4. The maximum Gasteiger partial charge on any atom is 0.0638 e. The fourth-order valence-electron chi connectivity index (χ4n) is 0.763. The maximum atomic E-state index is 8.87. The Morgan fingerprint density at radius 1 is 1.67 bits per heavy atom. The Morgan fingerprint density at radius 2 is 2.22 bits per heavy atom. The Kier molecular flexibility index (Phi) is 4.67. The molecule has 0 aliphatic heterocycles. The zero-order valence-electron chi connectivity index (χ0n) is 6.17. The first-order valence-corrected chi connectivity index (χ1v) is 3.23. The van der Waals surface area contributed by atoms with E-state index in [-0.39, 0.29) is 6.10 Å². The minimum absolute atomic E-state index is 0.249. The topological polar surface area (TPSA) is 49.5 Å². The highest BCUT2D eigenvalue weighted by molar-refractivity contribution is 4.55. The van der Waals surface area contributed by atoms with Crippen LogP contribution in [0.25, 0.3) is 0 Å². The molecule has 9 heavy (non-hydrogen) atoms. The van der Waals surface area contributed by atoms with Gasteiger partial charge in [0.1, 0.15) is 0 Å². The van der Waals surface area contributed by atoms with Gasteiger partial charge in [0.25, 0.3) is 0 Å². The highest BCUT2D eigenvalue weighted by atomic mass is 16.3. The van der Waals surface area contributed by atoms with Gasteiger partial charge in [-0.05, 0) is 14.0 Å². The van der Waals surface area contributed by atoms with Crippen LogP contribution in [0.3, 0.4) is 0 Å². The predicted molar refractivity (Wildman–Crippen MR) is 38.2 cm³/mol. The molecule has 0 fully saturated rings. The van der Waals surface area contributed by atoms with Crippen molar-refractivity contribution in [1.29, 1.82) is 0 Å². The zero-order chi connectivity index (χ0) is 7.28. The fraction of sp³-hybridized carbons (Fsp3) is 1.00. The summed E-state index contributed by atoms with van der Waals surface area (Å²) in [5, 5.41) is 8.87. The lowest BCUT2D eigenvalue weighted by Gasteiger charge is -2.16. The van der Waals surface area contributed by atoms with Crippen LogP contribution in [0.15, 0.2) is 0 Å². The van der Waals surface area contributed by atoms with Crippen LogP contribution >= 0.6 is 0 Å². The molecule has 0 amide bonds. The summed E-state index contributed by atoms with van der Waals surface area (Å²) in [7, 11) is 1.94. The molecule has 3 N–H and O–H groups in total. The Bertz CT molecular complexity index is 66.1. The third-order valence-electron chi connectivity index (χ3n) is 1.09. The number of aliphatic hydroxyl groups is 1. The largest absolute Gasteiger partial charge is 0.392 e. The van der Waals surface area contributed by atoms with E-state index in [1.54, 1.807) is 6.92 Å². The van der Waals surface area contributed by atoms with Gasteiger partial charge in [0.15, 0.2) is 0 Å². The Balaban J connectivity index is 3.15. The quantitative estimate of drug-likeness (QED) is 0.529. The van der Waals surface area contributed by atoms with Crippen LogP contribution in [0.4, 0.5) is 0 Å². The molecule has 3 heteroatoms. The van der Waals surface area contributed by atoms with E-state index in [1.807, 2.05) is 11.9 Å². The van der Waals surface area contributed by atoms with Crippen molar-refractivity contribution >= 4 is 0 Å². The van der Waals surface area contributed by atoms with Crippen molar-refractivity contribution in [3.8, 4) is 0 Å². The lowest BCUT2D eigenvalue weighted by Crippen LogP contribution is -2.31. The molecule has 3 nitrogen and oxygen atoms in total. The molecule has 0 heterocycles. The molecule has 0 radical (unpaired) electrons. The number of rotatable bonds is 4. The fourth-order valence-corrected chi connectivity index (χ4v) is 0.763. The summed E-state index contributed by atoms with van der Waals surface area (Å²) in [6.07, 6.45) is -0.249. The van der Waals surface area contributed by atoms with E-state index in [0.29, 0.717) is 13.1 Å². The van der Waals surface area contributed by atoms with Crippen LogP contribution in [0, 0.1) is 0 Å². The summed E-state index contributed by atoms with van der Waals surface area (Å²) in [6.45, 7) is 3.98. The lowest BCUT2D eigenvalue weighted by molar-refractivity contribution is 0.143. The van der Waals surface area contributed by atoms with Gasteiger partial charge in [-0.15, -0.1) is 0 Å². The molecule has 0 rings (SSSR count). The summed E-state index contributed by atoms with van der Waals surface area (Å²) < 4.78 is 0. The number of hydrogen-bond donors (Lipinski definition) is 2. The Labute approximate surface area is 56.5 Å². The average Bonchev–Trinajstić information content (AvgIpc) is 1.63. The normalized spacial score (nSPS) is 14.3. The molecular formula is C6H16N2O. The maximum absolute atomic E-state index is 8.87. The second-order valence-electron chi connectivity index (χ2n) is 2.40. The molecular weight excluding hydrogens is 116 g/mol. The zero-order valence-corrected chi connectivity index (χ0v) is 6.17. The van der Waals surface area contributed by atoms with E-state index in [1.165, 1.54) is 0 Å². The molecule has 0 bridgehead atoms. The first-order valence-electron chi connectivity index (χ1n) is 3.23. The predicted octanol–water partition coefficient (Wildman–Crippen LogP) is -0.742. The second kappa shape index (κ2) is 4.73. The van der Waals surface area contributed by atoms with Crippen molar-refractivity contribution in [3.05, 3.63) is 0 Å². The summed E-state index contributed by atoms with van der Waals surface area (Å²) in [5.74, 6) is 0. The van der Waals surface area contributed by atoms with E-state index in [9.17, 15) is 0 Å². The molecule has 0 saturated carbocycles. The van der Waals surface area contributed by atoms with Crippen LogP contribution in [0.1, 0.15) is 6.92 Å². The van der Waals surface area contributed by atoms with Crippen LogP contribution in [-0.4, -0.2) is 42.8 Å². The molecule has 56 valence electrons. The first-order chi connectivity index (χ1) is 4.16. The van der Waals surface area contributed by atoms with Gasteiger partial charge in [0.05, 0.1) is 6.10 Å². The van der Waals surface area contributed by atoms with Gasteiger partial charge >= 0.3 is 0 Å². The standard InChI is InChI=1S/C6H16N2O/c1-6(9)5-8(2)4-3-7/h6,9H,3-5,7H2,1-2H3. The molecule has 1 unspecified atom stereocenters. The SMILES string of the molecule is CC(O)CN(C)CCN. The molecule has 0 aromatic carbocycles. The van der Waals surface area contributed by atoms with E-state index >= 15 is 0 Å². The van der Waals surface area contributed by atoms with Crippen LogP contribution in [0.5, 0.6) is 0 Å². The third kappa shape index (κ3) is 5.76. The van der Waals surface area contributed by atoms with Crippen molar-refractivity contribution in [1.82, 2.24) is 4.90 Å². The van der Waals surface area contributed by atoms with Crippen molar-refractivity contribution in [2.24, 2.45) is 5.73 Å². The Morgan fingerprint density at radius 3 is 2.56 bits per heavy atom. The molecule has 0 saturated heterocycles. The van der Waals surface area contributed by atoms with Gasteiger partial charge in [-0.1, -0.05) is 0 Å².